The Morgan fingerprint density at radius 1 is 1.20 bits per heavy atom. The monoisotopic (exact) mass is 413 g/mol. The van der Waals surface area contributed by atoms with E-state index in [0.29, 0.717) is 30.9 Å². The first-order valence-electron chi connectivity index (χ1n) is 10.4. The highest BCUT2D eigenvalue weighted by atomic mass is 16.6. The van der Waals surface area contributed by atoms with Crippen molar-refractivity contribution >= 4 is 23.4 Å². The van der Waals surface area contributed by atoms with Gasteiger partial charge in [0.15, 0.2) is 5.69 Å². The summed E-state index contributed by atoms with van der Waals surface area (Å²) in [5.41, 5.74) is 3.19. The number of nitrogens with zero attached hydrogens (tertiary/aromatic N) is 3. The number of H-pyrrole nitrogens is 1. The lowest BCUT2D eigenvalue weighted by Crippen LogP contribution is -2.40. The van der Waals surface area contributed by atoms with Gasteiger partial charge in [0.25, 0.3) is 5.91 Å². The van der Waals surface area contributed by atoms with E-state index >= 15 is 0 Å². The van der Waals surface area contributed by atoms with Gasteiger partial charge in [-0.15, -0.1) is 0 Å². The van der Waals surface area contributed by atoms with Gasteiger partial charge in [-0.25, -0.2) is 4.79 Å². The Kier molecular flexibility index (Phi) is 6.34. The molecular weight excluding hydrogens is 382 g/mol. The van der Waals surface area contributed by atoms with E-state index in [9.17, 15) is 9.59 Å². The molecule has 3 rings (SSSR count). The van der Waals surface area contributed by atoms with Crippen LogP contribution in [-0.2, 0) is 17.7 Å². The van der Waals surface area contributed by atoms with Crippen LogP contribution in [0.3, 0.4) is 0 Å². The third-order valence-corrected chi connectivity index (χ3v) is 5.05. The summed E-state index contributed by atoms with van der Waals surface area (Å²) in [6.45, 7) is 12.4. The van der Waals surface area contributed by atoms with Crippen LogP contribution in [0.15, 0.2) is 24.3 Å². The number of hydrogen-bond acceptors (Lipinski definition) is 5. The maximum atomic E-state index is 12.8. The molecule has 1 aromatic heterocycles. The van der Waals surface area contributed by atoms with Crippen molar-refractivity contribution in [2.24, 2.45) is 0 Å². The smallest absolute Gasteiger partial charge is 0.410 e. The zero-order chi connectivity index (χ0) is 21.9. The number of hydrogen-bond donors (Lipinski definition) is 2. The molecule has 2 amide bonds. The number of carbonyl (C=O) groups excluding carboxylic acids is 2. The van der Waals surface area contributed by atoms with Crippen LogP contribution in [0.5, 0.6) is 0 Å². The van der Waals surface area contributed by atoms with Crippen molar-refractivity contribution in [2.45, 2.75) is 53.2 Å². The number of amides is 2. The van der Waals surface area contributed by atoms with Crippen molar-refractivity contribution in [3.8, 4) is 0 Å². The topological polar surface area (TPSA) is 90.6 Å². The largest absolute Gasteiger partial charge is 0.444 e. The first-order chi connectivity index (χ1) is 14.2. The molecule has 2 aromatic rings. The zero-order valence-corrected chi connectivity index (χ0v) is 18.4. The summed E-state index contributed by atoms with van der Waals surface area (Å²) in [5.74, 6) is -0.297. The fourth-order valence-electron chi connectivity index (χ4n) is 3.50. The summed E-state index contributed by atoms with van der Waals surface area (Å²) in [6.07, 6.45) is 0.223. The summed E-state index contributed by atoms with van der Waals surface area (Å²) in [4.78, 5) is 29.1. The molecule has 0 spiro atoms. The van der Waals surface area contributed by atoms with Gasteiger partial charge >= 0.3 is 6.09 Å². The van der Waals surface area contributed by atoms with Crippen molar-refractivity contribution in [1.29, 1.82) is 0 Å². The van der Waals surface area contributed by atoms with E-state index in [0.717, 1.165) is 30.0 Å². The average molecular weight is 414 g/mol. The molecule has 2 heterocycles. The first kappa shape index (κ1) is 21.7. The summed E-state index contributed by atoms with van der Waals surface area (Å²) in [6, 6.07) is 7.76. The summed E-state index contributed by atoms with van der Waals surface area (Å²) < 4.78 is 5.47. The van der Waals surface area contributed by atoms with E-state index in [1.165, 1.54) is 0 Å². The lowest BCUT2D eigenvalue weighted by molar-refractivity contribution is 0.0222. The number of aromatic amines is 1. The number of ether oxygens (including phenoxy) is 1. The molecule has 30 heavy (non-hydrogen) atoms. The number of fused-ring (bicyclic) bond motifs is 1. The Bertz CT molecular complexity index is 894. The minimum absolute atomic E-state index is 0.296. The predicted octanol–water partition coefficient (Wildman–Crippen LogP) is 3.80. The fourth-order valence-corrected chi connectivity index (χ4v) is 3.50. The molecule has 0 fully saturated rings. The molecular formula is C22H31N5O3. The second kappa shape index (κ2) is 8.77. The Labute approximate surface area is 177 Å². The van der Waals surface area contributed by atoms with Crippen molar-refractivity contribution in [3.63, 3.8) is 0 Å². The standard InChI is InChI=1S/C22H31N5O3/c1-6-26(7-2)16-10-8-15(9-11-16)23-20(28)19-17-14-27(13-12-18(17)24-25-19)21(29)30-22(3,4)5/h8-11H,6-7,12-14H2,1-5H3,(H,23,28)(H,24,25). The Hall–Kier alpha value is -3.03. The van der Waals surface area contributed by atoms with Crippen molar-refractivity contribution in [3.05, 3.63) is 41.2 Å². The van der Waals surface area contributed by atoms with Gasteiger partial charge in [-0.2, -0.15) is 5.10 Å². The maximum absolute atomic E-state index is 12.8. The molecule has 0 atom stereocenters. The van der Waals surface area contributed by atoms with Gasteiger partial charge in [0, 0.05) is 48.7 Å². The number of aromatic nitrogens is 2. The summed E-state index contributed by atoms with van der Waals surface area (Å²) in [5, 5.41) is 10.1. The van der Waals surface area contributed by atoms with Gasteiger partial charge in [0.1, 0.15) is 5.60 Å². The van der Waals surface area contributed by atoms with E-state index < -0.39 is 5.60 Å². The quantitative estimate of drug-likeness (QED) is 0.778. The number of carbonyl (C=O) groups is 2. The third-order valence-electron chi connectivity index (χ3n) is 5.05. The molecule has 1 aliphatic rings. The highest BCUT2D eigenvalue weighted by Crippen LogP contribution is 2.24. The van der Waals surface area contributed by atoms with Crippen molar-refractivity contribution in [1.82, 2.24) is 15.1 Å². The molecule has 1 aromatic carbocycles. The molecule has 0 saturated heterocycles. The molecule has 8 nitrogen and oxygen atoms in total. The second-order valence-electron chi connectivity index (χ2n) is 8.35. The Morgan fingerprint density at radius 3 is 2.47 bits per heavy atom. The first-order valence-corrected chi connectivity index (χ1v) is 10.4. The van der Waals surface area contributed by atoms with E-state index in [2.05, 4.69) is 34.3 Å². The molecule has 1 aliphatic heterocycles. The van der Waals surface area contributed by atoms with Crippen LogP contribution in [0.2, 0.25) is 0 Å². The van der Waals surface area contributed by atoms with Crippen molar-refractivity contribution in [2.75, 3.05) is 29.9 Å². The third kappa shape index (κ3) is 4.93. The van der Waals surface area contributed by atoms with Crippen LogP contribution in [0.25, 0.3) is 0 Å². The normalized spacial score (nSPS) is 13.6. The van der Waals surface area contributed by atoms with Gasteiger partial charge in [-0.05, 0) is 58.9 Å². The molecule has 0 aliphatic carbocycles. The SMILES string of the molecule is CCN(CC)c1ccc(NC(=O)c2n[nH]c3c2CN(C(=O)OC(C)(C)C)CC3)cc1. The van der Waals surface area contributed by atoms with Gasteiger partial charge in [0.2, 0.25) is 0 Å². The zero-order valence-electron chi connectivity index (χ0n) is 18.4. The Balaban J connectivity index is 1.70. The molecule has 8 heteroatoms. The molecule has 2 N–H and O–H groups in total. The maximum Gasteiger partial charge on any atom is 0.410 e. The minimum Gasteiger partial charge on any atom is -0.444 e. The predicted molar refractivity (Wildman–Crippen MR) is 117 cm³/mol. The van der Waals surface area contributed by atoms with E-state index in [1.807, 2.05) is 45.0 Å². The molecule has 0 saturated carbocycles. The van der Waals surface area contributed by atoms with Crippen LogP contribution in [-0.4, -0.2) is 52.3 Å². The van der Waals surface area contributed by atoms with Gasteiger partial charge in [-0.3, -0.25) is 9.89 Å². The van der Waals surface area contributed by atoms with Gasteiger partial charge in [-0.1, -0.05) is 0 Å². The van der Waals surface area contributed by atoms with Crippen LogP contribution in [0.1, 0.15) is 56.4 Å². The number of nitrogens with one attached hydrogen (secondary N) is 2. The summed E-state index contributed by atoms with van der Waals surface area (Å²) >= 11 is 0. The van der Waals surface area contributed by atoms with E-state index in [-0.39, 0.29) is 12.0 Å². The Morgan fingerprint density at radius 2 is 1.87 bits per heavy atom. The van der Waals surface area contributed by atoms with E-state index in [1.54, 1.807) is 4.90 Å². The number of benzene rings is 1. The van der Waals surface area contributed by atoms with Gasteiger partial charge in [0.05, 0.1) is 6.54 Å². The highest BCUT2D eigenvalue weighted by molar-refractivity contribution is 6.04. The molecule has 0 bridgehead atoms. The van der Waals surface area contributed by atoms with Crippen molar-refractivity contribution < 1.29 is 14.3 Å². The number of rotatable bonds is 5. The molecule has 0 radical (unpaired) electrons. The number of anilines is 2. The molecule has 162 valence electrons. The van der Waals surface area contributed by atoms with Crippen LogP contribution in [0.4, 0.5) is 16.2 Å². The molecule has 0 unspecified atom stereocenters. The highest BCUT2D eigenvalue weighted by Gasteiger charge is 2.30. The van der Waals surface area contributed by atoms with Crippen LogP contribution >= 0.6 is 0 Å². The van der Waals surface area contributed by atoms with E-state index in [4.69, 9.17) is 4.74 Å². The second-order valence-corrected chi connectivity index (χ2v) is 8.35. The lowest BCUT2D eigenvalue weighted by Gasteiger charge is -2.30. The lowest BCUT2D eigenvalue weighted by atomic mass is 10.1. The minimum atomic E-state index is -0.564. The fraction of sp³-hybridized carbons (Fsp3) is 0.500. The van der Waals surface area contributed by atoms with Crippen LogP contribution in [0, 0.1) is 0 Å². The summed E-state index contributed by atoms with van der Waals surface area (Å²) in [7, 11) is 0. The average Bonchev–Trinajstić information content (AvgIpc) is 3.12. The van der Waals surface area contributed by atoms with Gasteiger partial charge < -0.3 is 19.9 Å². The van der Waals surface area contributed by atoms with Crippen LogP contribution < -0.4 is 10.2 Å².